The summed E-state index contributed by atoms with van der Waals surface area (Å²) in [6, 6.07) is 4.01. The summed E-state index contributed by atoms with van der Waals surface area (Å²) in [7, 11) is 0. The number of carbonyl (C=O) groups is 2. The van der Waals surface area contributed by atoms with Crippen molar-refractivity contribution in [3.63, 3.8) is 0 Å². The van der Waals surface area contributed by atoms with E-state index in [2.05, 4.69) is 47.6 Å². The first-order chi connectivity index (χ1) is 9.91. The van der Waals surface area contributed by atoms with Gasteiger partial charge in [-0.15, -0.1) is 0 Å². The highest BCUT2D eigenvalue weighted by atomic mass is 16.6. The van der Waals surface area contributed by atoms with Crippen LogP contribution < -0.4 is 4.74 Å². The van der Waals surface area contributed by atoms with E-state index >= 15 is 0 Å². The van der Waals surface area contributed by atoms with Crippen molar-refractivity contribution in [1.29, 1.82) is 0 Å². The van der Waals surface area contributed by atoms with Crippen LogP contribution in [0.25, 0.3) is 0 Å². The number of hydrogen-bond donors (Lipinski definition) is 0. The van der Waals surface area contributed by atoms with Crippen LogP contribution in [0.15, 0.2) is 12.1 Å². The Balaban J connectivity index is 2.68. The van der Waals surface area contributed by atoms with Crippen molar-refractivity contribution in [2.45, 2.75) is 65.4 Å². The maximum Gasteiger partial charge on any atom is 0.357 e. The van der Waals surface area contributed by atoms with Crippen LogP contribution in [0, 0.1) is 0 Å². The fraction of sp³-hybridized carbons (Fsp3) is 0.556. The highest BCUT2D eigenvalue weighted by molar-refractivity contribution is 5.87. The number of fused-ring (bicyclic) bond motifs is 1. The molecule has 1 aliphatic heterocycles. The molecule has 0 N–H and O–H groups in total. The summed E-state index contributed by atoms with van der Waals surface area (Å²) in [5.74, 6) is -0.480. The summed E-state index contributed by atoms with van der Waals surface area (Å²) in [6.45, 7) is 13.8. The second-order valence-corrected chi connectivity index (χ2v) is 7.85. The highest BCUT2D eigenvalue weighted by Gasteiger charge is 2.40. The average molecular weight is 304 g/mol. The minimum atomic E-state index is -0.962. The van der Waals surface area contributed by atoms with Gasteiger partial charge < -0.3 is 9.47 Å². The molecule has 4 nitrogen and oxygen atoms in total. The van der Waals surface area contributed by atoms with Gasteiger partial charge >= 0.3 is 11.9 Å². The molecule has 1 aliphatic rings. The number of hydrogen-bond acceptors (Lipinski definition) is 4. The van der Waals surface area contributed by atoms with E-state index in [0.29, 0.717) is 11.3 Å². The summed E-state index contributed by atoms with van der Waals surface area (Å²) in [5, 5.41) is 0. The second-order valence-electron chi connectivity index (χ2n) is 7.85. The maximum absolute atomic E-state index is 12.1. The van der Waals surface area contributed by atoms with Gasteiger partial charge in [0, 0.05) is 18.1 Å². The first-order valence-electron chi connectivity index (χ1n) is 7.49. The predicted octanol–water partition coefficient (Wildman–Crippen LogP) is 3.80. The minimum Gasteiger partial charge on any atom is -0.445 e. The topological polar surface area (TPSA) is 52.6 Å². The van der Waals surface area contributed by atoms with Crippen LogP contribution in [0.5, 0.6) is 5.75 Å². The van der Waals surface area contributed by atoms with E-state index in [1.807, 2.05) is 6.07 Å². The van der Waals surface area contributed by atoms with E-state index in [-0.39, 0.29) is 10.8 Å². The fourth-order valence-corrected chi connectivity index (χ4v) is 2.51. The molecule has 1 unspecified atom stereocenters. The average Bonchev–Trinajstić information content (AvgIpc) is 2.62. The quantitative estimate of drug-likeness (QED) is 0.585. The molecule has 0 saturated carbocycles. The van der Waals surface area contributed by atoms with E-state index < -0.39 is 18.0 Å². The highest BCUT2D eigenvalue weighted by Crippen LogP contribution is 2.45. The molecular weight excluding hydrogens is 280 g/mol. The lowest BCUT2D eigenvalue weighted by molar-refractivity contribution is -0.158. The zero-order valence-corrected chi connectivity index (χ0v) is 14.4. The van der Waals surface area contributed by atoms with Crippen molar-refractivity contribution < 1.29 is 19.1 Å². The van der Waals surface area contributed by atoms with Crippen LogP contribution in [0.4, 0.5) is 0 Å². The summed E-state index contributed by atoms with van der Waals surface area (Å²) in [5.41, 5.74) is 2.43. The summed E-state index contributed by atoms with van der Waals surface area (Å²) < 4.78 is 10.6. The molecule has 22 heavy (non-hydrogen) atoms. The first-order valence-corrected chi connectivity index (χ1v) is 7.49. The van der Waals surface area contributed by atoms with Gasteiger partial charge in [-0.05, 0) is 22.5 Å². The van der Waals surface area contributed by atoms with Crippen molar-refractivity contribution >= 4 is 11.9 Å². The summed E-state index contributed by atoms with van der Waals surface area (Å²) in [4.78, 5) is 23.4. The van der Waals surface area contributed by atoms with Crippen molar-refractivity contribution in [3.8, 4) is 5.75 Å². The molecule has 0 aromatic heterocycles. The third kappa shape index (κ3) is 3.01. The molecule has 1 atom stereocenters. The molecule has 0 bridgehead atoms. The molecule has 1 aromatic carbocycles. The largest absolute Gasteiger partial charge is 0.445 e. The Morgan fingerprint density at radius 3 is 2.14 bits per heavy atom. The van der Waals surface area contributed by atoms with Crippen LogP contribution in [0.2, 0.25) is 0 Å². The Morgan fingerprint density at radius 1 is 1.09 bits per heavy atom. The van der Waals surface area contributed by atoms with Crippen molar-refractivity contribution in [1.82, 2.24) is 0 Å². The van der Waals surface area contributed by atoms with Gasteiger partial charge in [0.2, 0.25) is 6.10 Å². The van der Waals surface area contributed by atoms with E-state index in [1.54, 1.807) is 0 Å². The lowest BCUT2D eigenvalue weighted by Gasteiger charge is -2.26. The van der Waals surface area contributed by atoms with E-state index in [4.69, 9.17) is 9.47 Å². The van der Waals surface area contributed by atoms with E-state index in [9.17, 15) is 9.59 Å². The Morgan fingerprint density at radius 2 is 1.68 bits per heavy atom. The van der Waals surface area contributed by atoms with Crippen LogP contribution >= 0.6 is 0 Å². The molecule has 120 valence electrons. The lowest BCUT2D eigenvalue weighted by Crippen LogP contribution is -2.18. The molecule has 0 spiro atoms. The monoisotopic (exact) mass is 304 g/mol. The second kappa shape index (κ2) is 5.11. The Bertz CT molecular complexity index is 630. The standard InChI is InChI=1S/C18H24O4/c1-10(19)21-15-12-8-11(17(2,3)4)9-13(18(5,6)7)14(12)22-16(15)20/h8-9,15H,1-7H3. The van der Waals surface area contributed by atoms with Gasteiger partial charge in [-0.1, -0.05) is 47.6 Å². The van der Waals surface area contributed by atoms with Gasteiger partial charge in [-0.2, -0.15) is 0 Å². The maximum atomic E-state index is 12.1. The van der Waals surface area contributed by atoms with E-state index in [0.717, 1.165) is 11.1 Å². The molecule has 1 heterocycles. The van der Waals surface area contributed by atoms with Gasteiger partial charge in [0.25, 0.3) is 0 Å². The molecule has 0 aliphatic carbocycles. The molecule has 4 heteroatoms. The van der Waals surface area contributed by atoms with Crippen LogP contribution in [-0.2, 0) is 25.2 Å². The number of carbonyl (C=O) groups excluding carboxylic acids is 2. The molecule has 1 aromatic rings. The van der Waals surface area contributed by atoms with Gasteiger partial charge in [0.1, 0.15) is 5.75 Å². The van der Waals surface area contributed by atoms with E-state index in [1.165, 1.54) is 6.92 Å². The van der Waals surface area contributed by atoms with Crippen molar-refractivity contribution in [2.24, 2.45) is 0 Å². The number of rotatable bonds is 1. The third-order valence-corrected chi connectivity index (χ3v) is 3.77. The van der Waals surface area contributed by atoms with Gasteiger partial charge in [-0.25, -0.2) is 4.79 Å². The normalized spacial score (nSPS) is 18.0. The van der Waals surface area contributed by atoms with Crippen LogP contribution in [-0.4, -0.2) is 11.9 Å². The molecule has 0 fully saturated rings. The van der Waals surface area contributed by atoms with Crippen LogP contribution in [0.1, 0.15) is 71.3 Å². The van der Waals surface area contributed by atoms with Gasteiger partial charge in [0.05, 0.1) is 0 Å². The lowest BCUT2D eigenvalue weighted by atomic mass is 9.78. The first kappa shape index (κ1) is 16.5. The van der Waals surface area contributed by atoms with Gasteiger partial charge in [0.15, 0.2) is 0 Å². The molecule has 2 rings (SSSR count). The fourth-order valence-electron chi connectivity index (χ4n) is 2.51. The Kier molecular flexibility index (Phi) is 3.84. The summed E-state index contributed by atoms with van der Waals surface area (Å²) in [6.07, 6.45) is -0.962. The molecule has 0 amide bonds. The summed E-state index contributed by atoms with van der Waals surface area (Å²) >= 11 is 0. The Hall–Kier alpha value is -1.84. The predicted molar refractivity (Wildman–Crippen MR) is 84.0 cm³/mol. The van der Waals surface area contributed by atoms with Gasteiger partial charge in [-0.3, -0.25) is 4.79 Å². The Labute approximate surface area is 131 Å². The molecule has 0 radical (unpaired) electrons. The van der Waals surface area contributed by atoms with Crippen molar-refractivity contribution in [3.05, 3.63) is 28.8 Å². The van der Waals surface area contributed by atoms with Crippen molar-refractivity contribution in [2.75, 3.05) is 0 Å². The molecular formula is C18H24O4. The smallest absolute Gasteiger partial charge is 0.357 e. The number of ether oxygens (including phenoxy) is 2. The molecule has 0 saturated heterocycles. The minimum absolute atomic E-state index is 0.0819. The number of esters is 2. The SMILES string of the molecule is CC(=O)OC1C(=O)Oc2c1cc(C(C)(C)C)cc2C(C)(C)C. The third-order valence-electron chi connectivity index (χ3n) is 3.77. The number of benzene rings is 1. The zero-order chi connectivity index (χ0) is 16.9. The van der Waals surface area contributed by atoms with Crippen LogP contribution in [0.3, 0.4) is 0 Å². The zero-order valence-electron chi connectivity index (χ0n) is 14.4.